The van der Waals surface area contributed by atoms with Gasteiger partial charge in [0.15, 0.2) is 0 Å². The van der Waals surface area contributed by atoms with Crippen LogP contribution in [0.15, 0.2) is 103 Å². The summed E-state index contributed by atoms with van der Waals surface area (Å²) in [6.07, 6.45) is -0.551. The van der Waals surface area contributed by atoms with E-state index in [0.717, 1.165) is 5.56 Å². The van der Waals surface area contributed by atoms with Crippen LogP contribution in [0.2, 0.25) is 0 Å². The van der Waals surface area contributed by atoms with E-state index < -0.39 is 14.2 Å². The van der Waals surface area contributed by atoms with Crippen LogP contribution in [0.1, 0.15) is 18.6 Å². The molecule has 4 rings (SSSR count). The highest BCUT2D eigenvalue weighted by Crippen LogP contribution is 2.42. The molecule has 0 saturated carbocycles. The molecule has 146 valence electrons. The molecule has 0 aliphatic carbocycles. The summed E-state index contributed by atoms with van der Waals surface area (Å²) in [6.45, 7) is 2.11. The first-order valence-corrected chi connectivity index (χ1v) is 11.2. The van der Waals surface area contributed by atoms with Crippen molar-refractivity contribution in [1.29, 1.82) is 0 Å². The molecule has 2 nitrogen and oxygen atoms in total. The molecule has 1 N–H and O–H groups in total. The summed E-state index contributed by atoms with van der Waals surface area (Å²) in [5.41, 5.74) is 0.952. The van der Waals surface area contributed by atoms with Gasteiger partial charge in [-0.2, -0.15) is 0 Å². The third-order valence-corrected chi connectivity index (χ3v) is 8.13. The van der Waals surface area contributed by atoms with Gasteiger partial charge in [-0.1, -0.05) is 103 Å². The summed E-state index contributed by atoms with van der Waals surface area (Å²) in [5.74, 6) is 0. The fourth-order valence-corrected chi connectivity index (χ4v) is 6.36. The van der Waals surface area contributed by atoms with E-state index in [4.69, 9.17) is 0 Å². The molecule has 0 aromatic heterocycles. The molecule has 0 aliphatic heterocycles. The van der Waals surface area contributed by atoms with E-state index in [1.807, 2.05) is 30.3 Å². The molecule has 0 radical (unpaired) electrons. The van der Waals surface area contributed by atoms with Crippen molar-refractivity contribution in [2.45, 2.75) is 19.1 Å². The van der Waals surface area contributed by atoms with Crippen molar-refractivity contribution in [3.63, 3.8) is 0 Å². The summed E-state index contributed by atoms with van der Waals surface area (Å²) in [6, 6.07) is 35.7. The Morgan fingerprint density at radius 2 is 1.31 bits per heavy atom. The molecular weight excluding hydrogens is 373 g/mol. The van der Waals surface area contributed by atoms with E-state index in [0.29, 0.717) is 0 Å². The Bertz CT molecular complexity index is 1060. The smallest absolute Gasteiger partial charge is 0.0945 e. The Labute approximate surface area is 174 Å². The maximum Gasteiger partial charge on any atom is 0.0945 e. The number of nitrogens with zero attached hydrogens (tertiary/aromatic N) is 1. The van der Waals surface area contributed by atoms with Gasteiger partial charge in [-0.25, -0.2) is 0 Å². The van der Waals surface area contributed by atoms with Gasteiger partial charge in [-0.15, -0.1) is 0 Å². The second kappa shape index (κ2) is 8.88. The van der Waals surface area contributed by atoms with Gasteiger partial charge in [-0.05, 0) is 35.6 Å². The second-order valence-corrected chi connectivity index (χ2v) is 9.57. The van der Waals surface area contributed by atoms with Gasteiger partial charge < -0.3 is 5.11 Å². The fraction of sp³-hybridized carbons (Fsp3) is 0.154. The van der Waals surface area contributed by atoms with Crippen molar-refractivity contribution in [2.75, 3.05) is 7.05 Å². The Balaban J connectivity index is 1.79. The van der Waals surface area contributed by atoms with Crippen LogP contribution in [0, 0.1) is 0 Å². The van der Waals surface area contributed by atoms with E-state index >= 15 is 0 Å². The topological polar surface area (TPSA) is 23.5 Å². The molecular formula is C26H26NOP. The molecule has 1 unspecified atom stereocenters. The number of hydrogen-bond acceptors (Lipinski definition) is 2. The fourth-order valence-electron chi connectivity index (χ4n) is 3.77. The van der Waals surface area contributed by atoms with Crippen LogP contribution in [0.25, 0.3) is 10.8 Å². The molecule has 4 aromatic carbocycles. The quantitative estimate of drug-likeness (QED) is 0.448. The number of aliphatic hydroxyl groups is 1. The highest BCUT2D eigenvalue weighted by Gasteiger charge is 2.29. The van der Waals surface area contributed by atoms with Crippen molar-refractivity contribution < 1.29 is 5.11 Å². The summed E-state index contributed by atoms with van der Waals surface area (Å²) < 4.78 is 2.35. The maximum atomic E-state index is 11.1. The Hall–Kier alpha value is -2.51. The lowest BCUT2D eigenvalue weighted by Crippen LogP contribution is -2.36. The van der Waals surface area contributed by atoms with Gasteiger partial charge in [0.05, 0.1) is 6.10 Å². The van der Waals surface area contributed by atoms with E-state index in [-0.39, 0.29) is 6.04 Å². The highest BCUT2D eigenvalue weighted by atomic mass is 31.1. The molecule has 4 aromatic rings. The molecule has 29 heavy (non-hydrogen) atoms. The van der Waals surface area contributed by atoms with Crippen LogP contribution in [0.3, 0.4) is 0 Å². The normalized spacial score (nSPS) is 14.6. The van der Waals surface area contributed by atoms with E-state index in [1.165, 1.54) is 21.4 Å². The van der Waals surface area contributed by atoms with Crippen LogP contribution in [0.5, 0.6) is 0 Å². The average Bonchev–Trinajstić information content (AvgIpc) is 2.79. The Kier molecular flexibility index (Phi) is 6.06. The molecule has 3 heteroatoms. The second-order valence-electron chi connectivity index (χ2n) is 7.32. The summed E-state index contributed by atoms with van der Waals surface area (Å²) in [7, 11) is 1.34. The number of likely N-dealkylation sites (N-methyl/N-ethyl adjacent to an activating group) is 1. The number of rotatable bonds is 6. The van der Waals surface area contributed by atoms with E-state index in [1.54, 1.807) is 0 Å². The summed E-state index contributed by atoms with van der Waals surface area (Å²) >= 11 is 0. The predicted molar refractivity (Wildman–Crippen MR) is 125 cm³/mol. The Morgan fingerprint density at radius 3 is 2.03 bits per heavy atom. The molecule has 0 saturated heterocycles. The van der Waals surface area contributed by atoms with Gasteiger partial charge in [-0.3, -0.25) is 4.67 Å². The molecule has 0 bridgehead atoms. The lowest BCUT2D eigenvalue weighted by Gasteiger charge is -2.36. The highest BCUT2D eigenvalue weighted by molar-refractivity contribution is 7.71. The van der Waals surface area contributed by atoms with Gasteiger partial charge in [0.1, 0.15) is 0 Å². The minimum atomic E-state index is -0.801. The largest absolute Gasteiger partial charge is 0.387 e. The molecule has 0 aliphatic rings. The third kappa shape index (κ3) is 4.11. The minimum absolute atomic E-state index is 0.0392. The number of benzene rings is 4. The SMILES string of the molecule is C[C@@H](C(O)c1ccccc1)N(C)[P@@](c1ccccc1)c1cccc2ccccc12. The van der Waals surface area contributed by atoms with Crippen molar-refractivity contribution in [3.8, 4) is 0 Å². The Morgan fingerprint density at radius 1 is 0.724 bits per heavy atom. The standard InChI is InChI=1S/C26H26NOP/c1-20(26(28)22-13-5-3-6-14-22)27(2)29(23-16-7-4-8-17-23)25-19-11-15-21-12-9-10-18-24(21)25/h3-20,26,28H,1-2H3/t20-,26?,29-/m0/s1. The first-order valence-electron chi connectivity index (χ1n) is 9.95. The van der Waals surface area contributed by atoms with Crippen LogP contribution in [-0.2, 0) is 0 Å². The zero-order chi connectivity index (χ0) is 20.2. The van der Waals surface area contributed by atoms with Crippen molar-refractivity contribution in [3.05, 3.63) is 109 Å². The number of aliphatic hydroxyl groups excluding tert-OH is 1. The van der Waals surface area contributed by atoms with E-state index in [2.05, 4.69) is 91.4 Å². The van der Waals surface area contributed by atoms with Gasteiger partial charge in [0, 0.05) is 19.4 Å². The lowest BCUT2D eigenvalue weighted by molar-refractivity contribution is 0.111. The average molecular weight is 399 g/mol. The van der Waals surface area contributed by atoms with Crippen LogP contribution in [-0.4, -0.2) is 22.9 Å². The van der Waals surface area contributed by atoms with Crippen molar-refractivity contribution in [2.24, 2.45) is 0 Å². The molecule has 0 heterocycles. The van der Waals surface area contributed by atoms with Gasteiger partial charge in [0.2, 0.25) is 0 Å². The van der Waals surface area contributed by atoms with Crippen LogP contribution < -0.4 is 10.6 Å². The predicted octanol–water partition coefficient (Wildman–Crippen LogP) is 5.24. The first kappa shape index (κ1) is 19.8. The van der Waals surface area contributed by atoms with Crippen LogP contribution >= 0.6 is 8.07 Å². The summed E-state index contributed by atoms with van der Waals surface area (Å²) in [5, 5.41) is 16.2. The monoisotopic (exact) mass is 399 g/mol. The minimum Gasteiger partial charge on any atom is -0.387 e. The molecule has 3 atom stereocenters. The van der Waals surface area contributed by atoms with Gasteiger partial charge in [0.25, 0.3) is 0 Å². The zero-order valence-corrected chi connectivity index (χ0v) is 17.7. The van der Waals surface area contributed by atoms with Gasteiger partial charge >= 0.3 is 0 Å². The van der Waals surface area contributed by atoms with Crippen molar-refractivity contribution in [1.82, 2.24) is 4.67 Å². The molecule has 0 spiro atoms. The maximum absolute atomic E-state index is 11.1. The lowest BCUT2D eigenvalue weighted by atomic mass is 10.0. The third-order valence-electron chi connectivity index (χ3n) is 5.50. The summed E-state index contributed by atoms with van der Waals surface area (Å²) in [4.78, 5) is 0. The number of fused-ring (bicyclic) bond motifs is 1. The molecule has 0 amide bonds. The number of hydrogen-bond donors (Lipinski definition) is 1. The zero-order valence-electron chi connectivity index (χ0n) is 16.8. The van der Waals surface area contributed by atoms with E-state index in [9.17, 15) is 5.11 Å². The molecule has 0 fully saturated rings. The first-order chi connectivity index (χ1) is 14.2. The van der Waals surface area contributed by atoms with Crippen LogP contribution in [0.4, 0.5) is 0 Å². The van der Waals surface area contributed by atoms with Crippen molar-refractivity contribution >= 4 is 29.5 Å².